The number of hydrogen-bond donors (Lipinski definition) is 0. The molecule has 0 saturated heterocycles. The zero-order chi connectivity index (χ0) is 22.0. The van der Waals surface area contributed by atoms with Gasteiger partial charge < -0.3 is 18.9 Å². The molecule has 0 atom stereocenters. The van der Waals surface area contributed by atoms with Crippen molar-refractivity contribution >= 4 is 22.8 Å². The van der Waals surface area contributed by atoms with Gasteiger partial charge in [-0.1, -0.05) is 27.7 Å². The number of carbonyl (C=O) groups is 2. The van der Waals surface area contributed by atoms with Gasteiger partial charge in [0.05, 0.1) is 12.7 Å². The summed E-state index contributed by atoms with van der Waals surface area (Å²) < 4.78 is 13.1. The van der Waals surface area contributed by atoms with E-state index >= 15 is 0 Å². The number of esters is 1. The van der Waals surface area contributed by atoms with Gasteiger partial charge in [-0.05, 0) is 49.8 Å². The van der Waals surface area contributed by atoms with E-state index in [0.29, 0.717) is 42.3 Å². The predicted molar refractivity (Wildman–Crippen MR) is 118 cm³/mol. The van der Waals surface area contributed by atoms with Crippen LogP contribution in [0.25, 0.3) is 10.9 Å². The standard InChI is InChI=1S/C24H34N2O4/c1-15(2)12-25(13-16(3)4)22(27)14-30-24(28)23-17(5)26(18-7-8-18)21-10-9-19(29-6)11-20(21)23/h9-11,15-16,18H,7-8,12-14H2,1-6H3. The molecule has 0 N–H and O–H groups in total. The van der Waals surface area contributed by atoms with Crippen LogP contribution in [0.4, 0.5) is 0 Å². The van der Waals surface area contributed by atoms with Crippen LogP contribution in [-0.2, 0) is 9.53 Å². The fraction of sp³-hybridized carbons (Fsp3) is 0.583. The first-order valence-electron chi connectivity index (χ1n) is 10.9. The van der Waals surface area contributed by atoms with Crippen LogP contribution in [0.1, 0.15) is 62.6 Å². The minimum Gasteiger partial charge on any atom is -0.497 e. The Hall–Kier alpha value is -2.50. The number of benzene rings is 1. The molecular weight excluding hydrogens is 380 g/mol. The molecule has 0 unspecified atom stereocenters. The van der Waals surface area contributed by atoms with E-state index in [1.807, 2.05) is 25.1 Å². The number of carbonyl (C=O) groups excluding carboxylic acids is 2. The summed E-state index contributed by atoms with van der Waals surface area (Å²) in [6.07, 6.45) is 2.23. The quantitative estimate of drug-likeness (QED) is 0.563. The Bertz CT molecular complexity index is 915. The van der Waals surface area contributed by atoms with Crippen LogP contribution in [-0.4, -0.2) is 48.1 Å². The van der Waals surface area contributed by atoms with Crippen molar-refractivity contribution in [2.75, 3.05) is 26.8 Å². The number of rotatable bonds is 9. The lowest BCUT2D eigenvalue weighted by molar-refractivity contribution is -0.135. The summed E-state index contributed by atoms with van der Waals surface area (Å²) in [6, 6.07) is 6.21. The number of hydrogen-bond acceptors (Lipinski definition) is 4. The van der Waals surface area contributed by atoms with Gasteiger partial charge in [0.1, 0.15) is 5.75 Å². The zero-order valence-corrected chi connectivity index (χ0v) is 19.0. The smallest absolute Gasteiger partial charge is 0.341 e. The number of ether oxygens (including phenoxy) is 2. The fourth-order valence-corrected chi connectivity index (χ4v) is 4.06. The summed E-state index contributed by atoms with van der Waals surface area (Å²) in [7, 11) is 1.61. The third-order valence-corrected chi connectivity index (χ3v) is 5.42. The lowest BCUT2D eigenvalue weighted by Gasteiger charge is -2.26. The first-order valence-corrected chi connectivity index (χ1v) is 10.9. The monoisotopic (exact) mass is 414 g/mol. The van der Waals surface area contributed by atoms with Gasteiger partial charge in [0, 0.05) is 35.7 Å². The molecule has 1 saturated carbocycles. The van der Waals surface area contributed by atoms with Gasteiger partial charge in [0.15, 0.2) is 6.61 Å². The highest BCUT2D eigenvalue weighted by atomic mass is 16.5. The van der Waals surface area contributed by atoms with Crippen LogP contribution >= 0.6 is 0 Å². The number of nitrogens with zero attached hydrogens (tertiary/aromatic N) is 2. The number of methoxy groups -OCH3 is 1. The van der Waals surface area contributed by atoms with E-state index in [1.54, 1.807) is 12.0 Å². The molecule has 30 heavy (non-hydrogen) atoms. The highest BCUT2D eigenvalue weighted by molar-refractivity contribution is 6.07. The molecule has 1 amide bonds. The van der Waals surface area contributed by atoms with Crippen molar-refractivity contribution in [3.63, 3.8) is 0 Å². The second kappa shape index (κ2) is 9.11. The minimum atomic E-state index is -0.451. The average Bonchev–Trinajstić information content (AvgIpc) is 3.46. The van der Waals surface area contributed by atoms with Crippen molar-refractivity contribution < 1.29 is 19.1 Å². The van der Waals surface area contributed by atoms with Crippen LogP contribution in [0.5, 0.6) is 5.75 Å². The van der Waals surface area contributed by atoms with Crippen LogP contribution in [0.15, 0.2) is 18.2 Å². The Morgan fingerprint density at radius 3 is 2.30 bits per heavy atom. The molecule has 1 aliphatic rings. The molecule has 1 aromatic carbocycles. The largest absolute Gasteiger partial charge is 0.497 e. The maximum atomic E-state index is 13.1. The number of fused-ring (bicyclic) bond motifs is 1. The summed E-state index contributed by atoms with van der Waals surface area (Å²) >= 11 is 0. The first kappa shape index (κ1) is 22.2. The molecule has 0 radical (unpaired) electrons. The van der Waals surface area contributed by atoms with Gasteiger partial charge in [0.25, 0.3) is 5.91 Å². The summed E-state index contributed by atoms with van der Waals surface area (Å²) in [5.74, 6) is 0.810. The van der Waals surface area contributed by atoms with Gasteiger partial charge >= 0.3 is 5.97 Å². The first-order chi connectivity index (χ1) is 14.2. The number of amides is 1. The summed E-state index contributed by atoms with van der Waals surface area (Å²) in [5.41, 5.74) is 2.43. The van der Waals surface area contributed by atoms with E-state index in [0.717, 1.165) is 29.4 Å². The third-order valence-electron chi connectivity index (χ3n) is 5.42. The lowest BCUT2D eigenvalue weighted by Crippen LogP contribution is -2.39. The second-order valence-corrected chi connectivity index (χ2v) is 9.11. The Balaban J connectivity index is 1.82. The van der Waals surface area contributed by atoms with E-state index < -0.39 is 5.97 Å². The van der Waals surface area contributed by atoms with Gasteiger partial charge in [-0.3, -0.25) is 4.79 Å². The maximum Gasteiger partial charge on any atom is 0.341 e. The normalized spacial score (nSPS) is 13.9. The topological polar surface area (TPSA) is 60.8 Å². The zero-order valence-electron chi connectivity index (χ0n) is 19.0. The van der Waals surface area contributed by atoms with E-state index in [-0.39, 0.29) is 12.5 Å². The average molecular weight is 415 g/mol. The molecular formula is C24H34N2O4. The van der Waals surface area contributed by atoms with E-state index in [9.17, 15) is 9.59 Å². The van der Waals surface area contributed by atoms with Crippen molar-refractivity contribution in [1.82, 2.24) is 9.47 Å². The third kappa shape index (κ3) is 4.79. The van der Waals surface area contributed by atoms with E-state index in [4.69, 9.17) is 9.47 Å². The van der Waals surface area contributed by atoms with Crippen LogP contribution < -0.4 is 4.74 Å². The molecule has 1 heterocycles. The fourth-order valence-electron chi connectivity index (χ4n) is 4.06. The second-order valence-electron chi connectivity index (χ2n) is 9.11. The highest BCUT2D eigenvalue weighted by Crippen LogP contribution is 2.42. The van der Waals surface area contributed by atoms with Crippen LogP contribution in [0.3, 0.4) is 0 Å². The van der Waals surface area contributed by atoms with Crippen LogP contribution in [0, 0.1) is 18.8 Å². The lowest BCUT2D eigenvalue weighted by atomic mass is 10.1. The van der Waals surface area contributed by atoms with Gasteiger partial charge in [0.2, 0.25) is 0 Å². The molecule has 164 valence electrons. The predicted octanol–water partition coefficient (Wildman–Crippen LogP) is 4.59. The van der Waals surface area contributed by atoms with E-state index in [2.05, 4.69) is 32.3 Å². The highest BCUT2D eigenvalue weighted by Gasteiger charge is 2.31. The Morgan fingerprint density at radius 1 is 1.13 bits per heavy atom. The van der Waals surface area contributed by atoms with Crippen molar-refractivity contribution in [3.8, 4) is 5.75 Å². The van der Waals surface area contributed by atoms with Crippen molar-refractivity contribution in [2.45, 2.75) is 53.5 Å². The molecule has 0 aliphatic heterocycles. The van der Waals surface area contributed by atoms with Gasteiger partial charge in [-0.15, -0.1) is 0 Å². The molecule has 1 fully saturated rings. The molecule has 6 heteroatoms. The molecule has 1 aliphatic carbocycles. The Morgan fingerprint density at radius 2 is 1.77 bits per heavy atom. The molecule has 0 bridgehead atoms. The summed E-state index contributed by atoms with van der Waals surface area (Å²) in [6.45, 7) is 11.3. The Labute approximate surface area is 179 Å². The molecule has 6 nitrogen and oxygen atoms in total. The summed E-state index contributed by atoms with van der Waals surface area (Å²) in [4.78, 5) is 27.6. The minimum absolute atomic E-state index is 0.146. The summed E-state index contributed by atoms with van der Waals surface area (Å²) in [5, 5.41) is 0.817. The van der Waals surface area contributed by atoms with E-state index in [1.165, 1.54) is 0 Å². The van der Waals surface area contributed by atoms with Crippen molar-refractivity contribution in [2.24, 2.45) is 11.8 Å². The molecule has 1 aromatic heterocycles. The molecule has 3 rings (SSSR count). The van der Waals surface area contributed by atoms with Gasteiger partial charge in [-0.25, -0.2) is 4.79 Å². The Kier molecular flexibility index (Phi) is 6.74. The van der Waals surface area contributed by atoms with Crippen LogP contribution in [0.2, 0.25) is 0 Å². The van der Waals surface area contributed by atoms with Crippen molar-refractivity contribution in [3.05, 3.63) is 29.5 Å². The molecule has 0 spiro atoms. The maximum absolute atomic E-state index is 13.1. The van der Waals surface area contributed by atoms with Gasteiger partial charge in [-0.2, -0.15) is 0 Å². The SMILES string of the molecule is COc1ccc2c(c1)c(C(=O)OCC(=O)N(CC(C)C)CC(C)C)c(C)n2C1CC1. The number of aromatic nitrogens is 1. The van der Waals surface area contributed by atoms with Crippen molar-refractivity contribution in [1.29, 1.82) is 0 Å². The molecule has 2 aromatic rings.